The molecule has 126 valence electrons. The SMILES string of the molecule is CC(C)Oc1ccc(NC(=O)c2csc(CCN)n2)cc1Cl.Cl. The third-order valence-corrected chi connectivity index (χ3v) is 3.90. The van der Waals surface area contributed by atoms with E-state index in [0.717, 1.165) is 5.01 Å². The molecular weight excluding hydrogens is 357 g/mol. The lowest BCUT2D eigenvalue weighted by Gasteiger charge is -2.12. The molecule has 0 unspecified atom stereocenters. The van der Waals surface area contributed by atoms with Crippen LogP contribution in [0.1, 0.15) is 29.3 Å². The molecule has 0 aliphatic rings. The second-order valence-corrected chi connectivity index (χ2v) is 6.28. The summed E-state index contributed by atoms with van der Waals surface area (Å²) in [5.74, 6) is 0.321. The topological polar surface area (TPSA) is 77.2 Å². The third-order valence-electron chi connectivity index (χ3n) is 2.70. The zero-order valence-corrected chi connectivity index (χ0v) is 15.2. The largest absolute Gasteiger partial charge is 0.489 e. The number of nitrogens with zero attached hydrogens (tertiary/aromatic N) is 1. The van der Waals surface area contributed by atoms with Crippen LogP contribution in [0.25, 0.3) is 0 Å². The Labute approximate surface area is 150 Å². The standard InChI is InChI=1S/C15H18ClN3O2S.ClH/c1-9(2)21-13-4-3-10(7-11(13)16)18-15(20)12-8-22-14(19-12)5-6-17;/h3-4,7-9H,5-6,17H2,1-2H3,(H,18,20);1H. The van der Waals surface area contributed by atoms with E-state index < -0.39 is 0 Å². The number of hydrogen-bond donors (Lipinski definition) is 2. The van der Waals surface area contributed by atoms with E-state index in [2.05, 4.69) is 10.3 Å². The Kier molecular flexibility index (Phi) is 7.78. The number of rotatable bonds is 6. The first-order valence-corrected chi connectivity index (χ1v) is 8.17. The van der Waals surface area contributed by atoms with Gasteiger partial charge in [-0.2, -0.15) is 0 Å². The molecule has 1 aromatic heterocycles. The van der Waals surface area contributed by atoms with Gasteiger partial charge in [-0.15, -0.1) is 23.7 Å². The number of aromatic nitrogens is 1. The molecule has 3 N–H and O–H groups in total. The van der Waals surface area contributed by atoms with Gasteiger partial charge in [0.25, 0.3) is 5.91 Å². The first kappa shape index (κ1) is 19.7. The average molecular weight is 376 g/mol. The summed E-state index contributed by atoms with van der Waals surface area (Å²) in [7, 11) is 0. The van der Waals surface area contributed by atoms with E-state index in [1.54, 1.807) is 23.6 Å². The van der Waals surface area contributed by atoms with E-state index in [9.17, 15) is 4.79 Å². The van der Waals surface area contributed by atoms with Crippen molar-refractivity contribution < 1.29 is 9.53 Å². The van der Waals surface area contributed by atoms with Crippen LogP contribution in [-0.2, 0) is 6.42 Å². The number of amides is 1. The van der Waals surface area contributed by atoms with Gasteiger partial charge >= 0.3 is 0 Å². The summed E-state index contributed by atoms with van der Waals surface area (Å²) in [5.41, 5.74) is 6.45. The lowest BCUT2D eigenvalue weighted by Crippen LogP contribution is -2.13. The molecule has 1 heterocycles. The number of thiazole rings is 1. The zero-order valence-electron chi connectivity index (χ0n) is 12.8. The second kappa shape index (κ2) is 9.08. The van der Waals surface area contributed by atoms with Gasteiger partial charge < -0.3 is 15.8 Å². The number of anilines is 1. The average Bonchev–Trinajstić information content (AvgIpc) is 2.91. The fraction of sp³-hybridized carbons (Fsp3) is 0.333. The molecule has 0 bridgehead atoms. The number of ether oxygens (including phenoxy) is 1. The van der Waals surface area contributed by atoms with E-state index in [0.29, 0.717) is 35.1 Å². The van der Waals surface area contributed by atoms with Crippen LogP contribution < -0.4 is 15.8 Å². The van der Waals surface area contributed by atoms with Crippen LogP contribution in [0.3, 0.4) is 0 Å². The molecule has 2 rings (SSSR count). The Morgan fingerprint density at radius 2 is 2.22 bits per heavy atom. The Morgan fingerprint density at radius 1 is 1.48 bits per heavy atom. The molecule has 0 saturated heterocycles. The van der Waals surface area contributed by atoms with Crippen LogP contribution in [0.4, 0.5) is 5.69 Å². The highest BCUT2D eigenvalue weighted by molar-refractivity contribution is 7.09. The number of nitrogens with one attached hydrogen (secondary N) is 1. The van der Waals surface area contributed by atoms with Gasteiger partial charge in [0.15, 0.2) is 0 Å². The quantitative estimate of drug-likeness (QED) is 0.805. The maximum absolute atomic E-state index is 12.1. The van der Waals surface area contributed by atoms with Crippen molar-refractivity contribution in [3.8, 4) is 5.75 Å². The van der Waals surface area contributed by atoms with E-state index in [1.807, 2.05) is 13.8 Å². The van der Waals surface area contributed by atoms with Crippen molar-refractivity contribution in [2.45, 2.75) is 26.4 Å². The summed E-state index contributed by atoms with van der Waals surface area (Å²) in [5, 5.41) is 5.79. The Bertz CT molecular complexity index is 662. The van der Waals surface area contributed by atoms with Gasteiger partial charge in [-0.25, -0.2) is 4.98 Å². The van der Waals surface area contributed by atoms with Crippen molar-refractivity contribution in [1.82, 2.24) is 4.98 Å². The predicted molar refractivity (Wildman–Crippen MR) is 97.3 cm³/mol. The summed E-state index contributed by atoms with van der Waals surface area (Å²) in [6, 6.07) is 5.14. The molecule has 5 nitrogen and oxygen atoms in total. The van der Waals surface area contributed by atoms with Crippen LogP contribution in [0, 0.1) is 0 Å². The molecule has 1 amide bonds. The summed E-state index contributed by atoms with van der Waals surface area (Å²) >= 11 is 7.57. The zero-order chi connectivity index (χ0) is 16.1. The molecular formula is C15H19Cl2N3O2S. The maximum atomic E-state index is 12.1. The molecule has 0 aliphatic heterocycles. The summed E-state index contributed by atoms with van der Waals surface area (Å²) in [4.78, 5) is 16.4. The van der Waals surface area contributed by atoms with Gasteiger partial charge in [-0.05, 0) is 38.6 Å². The molecule has 0 radical (unpaired) electrons. The van der Waals surface area contributed by atoms with Crippen LogP contribution in [-0.4, -0.2) is 23.5 Å². The van der Waals surface area contributed by atoms with Gasteiger partial charge in [0.05, 0.1) is 16.1 Å². The lowest BCUT2D eigenvalue weighted by atomic mass is 10.3. The number of hydrogen-bond acceptors (Lipinski definition) is 5. The minimum atomic E-state index is -0.270. The first-order chi connectivity index (χ1) is 10.5. The molecule has 0 aliphatic carbocycles. The molecule has 1 aromatic carbocycles. The van der Waals surface area contributed by atoms with E-state index in [-0.39, 0.29) is 24.4 Å². The normalized spacial score (nSPS) is 10.3. The monoisotopic (exact) mass is 375 g/mol. The van der Waals surface area contributed by atoms with E-state index in [4.69, 9.17) is 22.1 Å². The highest BCUT2D eigenvalue weighted by Gasteiger charge is 2.12. The van der Waals surface area contributed by atoms with E-state index in [1.165, 1.54) is 11.3 Å². The first-order valence-electron chi connectivity index (χ1n) is 6.91. The van der Waals surface area contributed by atoms with E-state index >= 15 is 0 Å². The third kappa shape index (κ3) is 5.66. The van der Waals surface area contributed by atoms with Gasteiger partial charge in [0.1, 0.15) is 11.4 Å². The number of benzene rings is 1. The van der Waals surface area contributed by atoms with Crippen molar-refractivity contribution >= 4 is 46.9 Å². The Hall–Kier alpha value is -1.34. The molecule has 8 heteroatoms. The molecule has 2 aromatic rings. The van der Waals surface area contributed by atoms with Crippen molar-refractivity contribution in [3.05, 3.63) is 39.3 Å². The van der Waals surface area contributed by atoms with Crippen LogP contribution in [0.5, 0.6) is 5.75 Å². The Morgan fingerprint density at radius 3 is 2.83 bits per heavy atom. The molecule has 0 saturated carbocycles. The summed E-state index contributed by atoms with van der Waals surface area (Å²) < 4.78 is 5.55. The fourth-order valence-corrected chi connectivity index (χ4v) is 2.80. The molecule has 0 fully saturated rings. The van der Waals surface area contributed by atoms with Gasteiger partial charge in [-0.1, -0.05) is 11.6 Å². The minimum absolute atomic E-state index is 0. The predicted octanol–water partition coefficient (Wildman–Crippen LogP) is 3.76. The van der Waals surface area contributed by atoms with Gasteiger partial charge in [-0.3, -0.25) is 4.79 Å². The Balaban J connectivity index is 0.00000264. The van der Waals surface area contributed by atoms with Crippen LogP contribution in [0.2, 0.25) is 5.02 Å². The number of carbonyl (C=O) groups is 1. The maximum Gasteiger partial charge on any atom is 0.275 e. The number of nitrogens with two attached hydrogens (primary N) is 1. The van der Waals surface area contributed by atoms with Gasteiger partial charge in [0.2, 0.25) is 0 Å². The van der Waals surface area contributed by atoms with Crippen molar-refractivity contribution in [3.63, 3.8) is 0 Å². The molecule has 0 atom stereocenters. The lowest BCUT2D eigenvalue weighted by molar-refractivity contribution is 0.102. The number of carbonyl (C=O) groups excluding carboxylic acids is 1. The minimum Gasteiger partial charge on any atom is -0.489 e. The summed E-state index contributed by atoms with van der Waals surface area (Å²) in [6.45, 7) is 4.36. The van der Waals surface area contributed by atoms with Crippen LogP contribution in [0.15, 0.2) is 23.6 Å². The highest BCUT2D eigenvalue weighted by atomic mass is 35.5. The number of halogens is 2. The molecule has 23 heavy (non-hydrogen) atoms. The fourth-order valence-electron chi connectivity index (χ4n) is 1.78. The van der Waals surface area contributed by atoms with Crippen molar-refractivity contribution in [2.75, 3.05) is 11.9 Å². The summed E-state index contributed by atoms with van der Waals surface area (Å²) in [6.07, 6.45) is 0.708. The smallest absolute Gasteiger partial charge is 0.275 e. The van der Waals surface area contributed by atoms with Crippen molar-refractivity contribution in [2.24, 2.45) is 5.73 Å². The van der Waals surface area contributed by atoms with Crippen LogP contribution >= 0.6 is 35.3 Å². The highest BCUT2D eigenvalue weighted by Crippen LogP contribution is 2.28. The van der Waals surface area contributed by atoms with Gasteiger partial charge in [0, 0.05) is 17.5 Å². The second-order valence-electron chi connectivity index (χ2n) is 4.93. The molecule has 0 spiro atoms. The van der Waals surface area contributed by atoms with Crippen molar-refractivity contribution in [1.29, 1.82) is 0 Å².